The molecule has 2 nitrogen and oxygen atoms in total. The third-order valence-corrected chi connectivity index (χ3v) is 4.67. The number of anilines is 1. The zero-order chi connectivity index (χ0) is 14.7. The lowest BCUT2D eigenvalue weighted by molar-refractivity contribution is 1.37. The highest BCUT2D eigenvalue weighted by Crippen LogP contribution is 2.42. The van der Waals surface area contributed by atoms with Gasteiger partial charge in [0, 0.05) is 5.39 Å². The predicted octanol–water partition coefficient (Wildman–Crippen LogP) is 5.02. The summed E-state index contributed by atoms with van der Waals surface area (Å²) in [5.74, 6) is 5.79. The van der Waals surface area contributed by atoms with Gasteiger partial charge in [0.15, 0.2) is 0 Å². The predicted molar refractivity (Wildman–Crippen MR) is 95.5 cm³/mol. The summed E-state index contributed by atoms with van der Waals surface area (Å²) in [6.07, 6.45) is 0. The lowest BCUT2D eigenvalue weighted by Gasteiger charge is -2.16. The van der Waals surface area contributed by atoms with Crippen LogP contribution >= 0.6 is 0 Å². The third-order valence-electron chi connectivity index (χ3n) is 4.67. The first kappa shape index (κ1) is 11.8. The molecule has 0 unspecified atom stereocenters. The standard InChI is InChI=1S/C20H14N2/c21-22-17-11-10-13-6-2-8-15-14-7-1-4-12-5-3-9-16(18(12)14)20(17)19(13)15/h1-11,22H,21H2. The van der Waals surface area contributed by atoms with Crippen LogP contribution in [0, 0.1) is 0 Å². The summed E-state index contributed by atoms with van der Waals surface area (Å²) in [4.78, 5) is 0. The molecule has 0 heterocycles. The maximum absolute atomic E-state index is 5.79. The fraction of sp³-hybridized carbons (Fsp3) is 0. The number of nitrogens with two attached hydrogens (primary N) is 1. The maximum Gasteiger partial charge on any atom is 0.0570 e. The molecule has 0 aliphatic heterocycles. The quantitative estimate of drug-likeness (QED) is 0.196. The van der Waals surface area contributed by atoms with Crippen LogP contribution in [0.5, 0.6) is 0 Å². The Bertz CT molecular complexity index is 1150. The van der Waals surface area contributed by atoms with Crippen molar-refractivity contribution in [3.05, 3.63) is 66.7 Å². The van der Waals surface area contributed by atoms with Crippen molar-refractivity contribution in [2.75, 3.05) is 5.43 Å². The Morgan fingerprint density at radius 2 is 1.14 bits per heavy atom. The van der Waals surface area contributed by atoms with Gasteiger partial charge in [-0.15, -0.1) is 0 Å². The highest BCUT2D eigenvalue weighted by molar-refractivity contribution is 6.35. The first-order valence-corrected chi connectivity index (χ1v) is 7.43. The van der Waals surface area contributed by atoms with Gasteiger partial charge in [0.25, 0.3) is 0 Å². The number of hydrogen-bond acceptors (Lipinski definition) is 2. The average molecular weight is 282 g/mol. The van der Waals surface area contributed by atoms with E-state index >= 15 is 0 Å². The van der Waals surface area contributed by atoms with E-state index in [-0.39, 0.29) is 0 Å². The van der Waals surface area contributed by atoms with Crippen molar-refractivity contribution < 1.29 is 0 Å². The number of hydrazine groups is 1. The van der Waals surface area contributed by atoms with Crippen LogP contribution in [-0.2, 0) is 0 Å². The molecule has 22 heavy (non-hydrogen) atoms. The molecule has 0 atom stereocenters. The van der Waals surface area contributed by atoms with Gasteiger partial charge in [-0.2, -0.15) is 0 Å². The van der Waals surface area contributed by atoms with Gasteiger partial charge < -0.3 is 5.43 Å². The normalized spacial score (nSPS) is 11.9. The fourth-order valence-electron chi connectivity index (χ4n) is 3.78. The summed E-state index contributed by atoms with van der Waals surface area (Å²) >= 11 is 0. The SMILES string of the molecule is NNc1ccc2cccc3c4cccc5cccc(c1c23)c54. The smallest absolute Gasteiger partial charge is 0.0570 e. The zero-order valence-electron chi connectivity index (χ0n) is 11.9. The van der Waals surface area contributed by atoms with Crippen molar-refractivity contribution in [1.29, 1.82) is 0 Å². The molecule has 0 bridgehead atoms. The Balaban J connectivity index is 2.28. The number of fused-ring (bicyclic) bond motifs is 2. The Morgan fingerprint density at radius 3 is 1.82 bits per heavy atom. The van der Waals surface area contributed by atoms with Crippen LogP contribution in [0.25, 0.3) is 43.1 Å². The lowest BCUT2D eigenvalue weighted by atomic mass is 9.89. The third kappa shape index (κ3) is 1.32. The van der Waals surface area contributed by atoms with Crippen molar-refractivity contribution in [3.63, 3.8) is 0 Å². The summed E-state index contributed by atoms with van der Waals surface area (Å²) in [5.41, 5.74) is 3.85. The van der Waals surface area contributed by atoms with Crippen LogP contribution in [-0.4, -0.2) is 0 Å². The molecule has 0 spiro atoms. The number of benzene rings is 5. The number of nitrogens with one attached hydrogen (secondary N) is 1. The van der Waals surface area contributed by atoms with E-state index in [1.54, 1.807) is 0 Å². The molecule has 104 valence electrons. The molecular formula is C20H14N2. The second kappa shape index (κ2) is 4.09. The molecule has 0 radical (unpaired) electrons. The number of hydrogen-bond donors (Lipinski definition) is 2. The summed E-state index contributed by atoms with van der Waals surface area (Å²) in [6, 6.07) is 23.7. The highest BCUT2D eigenvalue weighted by atomic mass is 15.2. The van der Waals surface area contributed by atoms with Gasteiger partial charge in [0.1, 0.15) is 0 Å². The number of rotatable bonds is 1. The average Bonchev–Trinajstić information content (AvgIpc) is 2.59. The van der Waals surface area contributed by atoms with Crippen molar-refractivity contribution in [2.24, 2.45) is 5.84 Å². The molecule has 5 aromatic rings. The van der Waals surface area contributed by atoms with Gasteiger partial charge in [0.2, 0.25) is 0 Å². The van der Waals surface area contributed by atoms with E-state index in [9.17, 15) is 0 Å². The van der Waals surface area contributed by atoms with Crippen LogP contribution in [0.2, 0.25) is 0 Å². The molecule has 5 aromatic carbocycles. The van der Waals surface area contributed by atoms with E-state index in [0.29, 0.717) is 0 Å². The van der Waals surface area contributed by atoms with Crippen molar-refractivity contribution in [2.45, 2.75) is 0 Å². The van der Waals surface area contributed by atoms with Gasteiger partial charge in [-0.1, -0.05) is 60.7 Å². The molecule has 0 aliphatic rings. The van der Waals surface area contributed by atoms with Gasteiger partial charge in [0.05, 0.1) is 5.69 Å². The van der Waals surface area contributed by atoms with E-state index in [1.807, 2.05) is 0 Å². The van der Waals surface area contributed by atoms with Gasteiger partial charge >= 0.3 is 0 Å². The van der Waals surface area contributed by atoms with E-state index in [1.165, 1.54) is 43.1 Å². The highest BCUT2D eigenvalue weighted by Gasteiger charge is 2.14. The van der Waals surface area contributed by atoms with Crippen molar-refractivity contribution >= 4 is 48.8 Å². The molecule has 2 heteroatoms. The molecule has 0 aromatic heterocycles. The maximum atomic E-state index is 5.79. The Morgan fingerprint density at radius 1 is 0.545 bits per heavy atom. The minimum absolute atomic E-state index is 0.974. The molecular weight excluding hydrogens is 268 g/mol. The molecule has 0 aliphatic carbocycles. The van der Waals surface area contributed by atoms with Crippen molar-refractivity contribution in [3.8, 4) is 0 Å². The largest absolute Gasteiger partial charge is 0.323 e. The Hall–Kier alpha value is -2.84. The van der Waals surface area contributed by atoms with Gasteiger partial charge in [-0.25, -0.2) is 0 Å². The molecule has 0 amide bonds. The molecule has 0 saturated heterocycles. The van der Waals surface area contributed by atoms with Crippen LogP contribution in [0.1, 0.15) is 0 Å². The van der Waals surface area contributed by atoms with Gasteiger partial charge in [-0.05, 0) is 43.8 Å². The van der Waals surface area contributed by atoms with E-state index < -0.39 is 0 Å². The summed E-state index contributed by atoms with van der Waals surface area (Å²) in [6.45, 7) is 0. The van der Waals surface area contributed by atoms with E-state index in [0.717, 1.165) is 5.69 Å². The minimum atomic E-state index is 0.974. The topological polar surface area (TPSA) is 38.0 Å². The Labute approximate surface area is 127 Å². The fourth-order valence-corrected chi connectivity index (χ4v) is 3.78. The second-order valence-corrected chi connectivity index (χ2v) is 5.75. The lowest BCUT2D eigenvalue weighted by Crippen LogP contribution is -2.07. The molecule has 0 saturated carbocycles. The summed E-state index contributed by atoms with van der Waals surface area (Å²) in [5, 5.41) is 10.2. The van der Waals surface area contributed by atoms with Crippen LogP contribution in [0.3, 0.4) is 0 Å². The zero-order valence-corrected chi connectivity index (χ0v) is 11.9. The Kier molecular flexibility index (Phi) is 2.19. The van der Waals surface area contributed by atoms with Crippen LogP contribution < -0.4 is 11.3 Å². The van der Waals surface area contributed by atoms with Crippen molar-refractivity contribution in [1.82, 2.24) is 0 Å². The first-order valence-electron chi connectivity index (χ1n) is 7.43. The molecule has 5 rings (SSSR count). The summed E-state index contributed by atoms with van der Waals surface area (Å²) in [7, 11) is 0. The minimum Gasteiger partial charge on any atom is -0.323 e. The van der Waals surface area contributed by atoms with E-state index in [4.69, 9.17) is 5.84 Å². The molecule has 0 fully saturated rings. The first-order chi connectivity index (χ1) is 10.9. The molecule has 3 N–H and O–H groups in total. The van der Waals surface area contributed by atoms with Gasteiger partial charge in [-0.3, -0.25) is 5.84 Å². The monoisotopic (exact) mass is 282 g/mol. The summed E-state index contributed by atoms with van der Waals surface area (Å²) < 4.78 is 0. The second-order valence-electron chi connectivity index (χ2n) is 5.75. The van der Waals surface area contributed by atoms with Crippen LogP contribution in [0.4, 0.5) is 5.69 Å². The van der Waals surface area contributed by atoms with Crippen LogP contribution in [0.15, 0.2) is 66.7 Å². The number of nitrogen functional groups attached to an aromatic ring is 1. The van der Waals surface area contributed by atoms with E-state index in [2.05, 4.69) is 72.2 Å².